The van der Waals surface area contributed by atoms with E-state index in [2.05, 4.69) is 6.07 Å². The molecule has 4 heteroatoms. The first-order valence-corrected chi connectivity index (χ1v) is 6.70. The molecule has 0 aliphatic carbocycles. The Morgan fingerprint density at radius 2 is 1.86 bits per heavy atom. The van der Waals surface area contributed by atoms with Crippen molar-refractivity contribution in [2.75, 3.05) is 13.6 Å². The molecule has 1 N–H and O–H groups in total. The normalized spacial score (nSPS) is 12.1. The molecule has 0 radical (unpaired) electrons. The second-order valence-electron chi connectivity index (χ2n) is 5.04. The minimum atomic E-state index is -0.866. The largest absolute Gasteiger partial charge is 0.387 e. The summed E-state index contributed by atoms with van der Waals surface area (Å²) < 4.78 is 13.6. The van der Waals surface area contributed by atoms with Crippen molar-refractivity contribution in [1.29, 1.82) is 5.26 Å². The fourth-order valence-corrected chi connectivity index (χ4v) is 2.20. The first kappa shape index (κ1) is 15.2. The van der Waals surface area contributed by atoms with E-state index in [9.17, 15) is 9.50 Å². The average Bonchev–Trinajstić information content (AvgIpc) is 2.48. The van der Waals surface area contributed by atoms with E-state index in [1.165, 1.54) is 6.07 Å². The average molecular weight is 284 g/mol. The molecule has 2 aromatic carbocycles. The molecule has 0 saturated carbocycles. The lowest BCUT2D eigenvalue weighted by molar-refractivity contribution is 0.120. The maximum Gasteiger partial charge on any atom is 0.129 e. The molecule has 0 aromatic heterocycles. The number of hydrogen-bond acceptors (Lipinski definition) is 3. The number of likely N-dealkylation sites (N-methyl/N-ethyl adjacent to an activating group) is 1. The molecule has 3 nitrogen and oxygen atoms in total. The zero-order valence-electron chi connectivity index (χ0n) is 11.8. The summed E-state index contributed by atoms with van der Waals surface area (Å²) in [6, 6.07) is 15.6. The van der Waals surface area contributed by atoms with E-state index in [0.717, 1.165) is 5.56 Å². The van der Waals surface area contributed by atoms with Gasteiger partial charge in [0.05, 0.1) is 17.7 Å². The quantitative estimate of drug-likeness (QED) is 0.918. The number of benzene rings is 2. The number of nitriles is 1. The Kier molecular flexibility index (Phi) is 5.04. The van der Waals surface area contributed by atoms with Crippen molar-refractivity contribution >= 4 is 0 Å². The molecule has 2 rings (SSSR count). The smallest absolute Gasteiger partial charge is 0.129 e. The molecule has 21 heavy (non-hydrogen) atoms. The molecule has 0 heterocycles. The van der Waals surface area contributed by atoms with Gasteiger partial charge in [0.15, 0.2) is 0 Å². The van der Waals surface area contributed by atoms with Crippen LogP contribution in [0, 0.1) is 17.1 Å². The number of halogens is 1. The highest BCUT2D eigenvalue weighted by atomic mass is 19.1. The summed E-state index contributed by atoms with van der Waals surface area (Å²) in [5.74, 6) is -0.392. The van der Waals surface area contributed by atoms with Crippen molar-refractivity contribution in [3.63, 3.8) is 0 Å². The van der Waals surface area contributed by atoms with E-state index in [1.807, 2.05) is 24.1 Å². The van der Waals surface area contributed by atoms with Crippen LogP contribution in [0.5, 0.6) is 0 Å². The Bertz CT molecular complexity index is 634. The van der Waals surface area contributed by atoms with Crippen LogP contribution in [0.25, 0.3) is 0 Å². The van der Waals surface area contributed by atoms with Gasteiger partial charge in [0.2, 0.25) is 0 Å². The monoisotopic (exact) mass is 284 g/mol. The predicted molar refractivity (Wildman–Crippen MR) is 78.9 cm³/mol. The Balaban J connectivity index is 1.96. The lowest BCUT2D eigenvalue weighted by Crippen LogP contribution is -2.24. The first-order valence-electron chi connectivity index (χ1n) is 6.70. The zero-order chi connectivity index (χ0) is 15.2. The summed E-state index contributed by atoms with van der Waals surface area (Å²) in [5.41, 5.74) is 1.97. The minimum absolute atomic E-state index is 0.309. The molecule has 108 valence electrons. The molecule has 0 fully saturated rings. The van der Waals surface area contributed by atoms with Gasteiger partial charge in [-0.1, -0.05) is 30.3 Å². The molecule has 0 aliphatic heterocycles. The highest BCUT2D eigenvalue weighted by Gasteiger charge is 2.14. The molecule has 0 spiro atoms. The summed E-state index contributed by atoms with van der Waals surface area (Å²) in [6.07, 6.45) is -0.866. The predicted octanol–water partition coefficient (Wildman–Crippen LogP) is 2.86. The molecule has 2 aromatic rings. The van der Waals surface area contributed by atoms with Crippen LogP contribution in [0.15, 0.2) is 48.5 Å². The lowest BCUT2D eigenvalue weighted by atomic mass is 10.1. The molecule has 0 aliphatic rings. The number of aliphatic hydroxyl groups excluding tert-OH is 1. The van der Waals surface area contributed by atoms with Crippen LogP contribution in [0.3, 0.4) is 0 Å². The van der Waals surface area contributed by atoms with Gasteiger partial charge in [-0.15, -0.1) is 0 Å². The van der Waals surface area contributed by atoms with Crippen LogP contribution < -0.4 is 0 Å². The van der Waals surface area contributed by atoms with Gasteiger partial charge in [-0.25, -0.2) is 4.39 Å². The Morgan fingerprint density at radius 3 is 2.48 bits per heavy atom. The van der Waals surface area contributed by atoms with E-state index in [1.54, 1.807) is 30.3 Å². The van der Waals surface area contributed by atoms with Crippen molar-refractivity contribution in [3.8, 4) is 6.07 Å². The van der Waals surface area contributed by atoms with Gasteiger partial charge in [0.25, 0.3) is 0 Å². The summed E-state index contributed by atoms with van der Waals surface area (Å²) in [7, 11) is 1.86. The molecule has 0 bridgehead atoms. The van der Waals surface area contributed by atoms with Gasteiger partial charge in [0.1, 0.15) is 5.82 Å². The summed E-state index contributed by atoms with van der Waals surface area (Å²) in [5, 5.41) is 18.9. The third kappa shape index (κ3) is 4.12. The first-order chi connectivity index (χ1) is 10.1. The fourth-order valence-electron chi connectivity index (χ4n) is 2.20. The van der Waals surface area contributed by atoms with Gasteiger partial charge >= 0.3 is 0 Å². The van der Waals surface area contributed by atoms with Gasteiger partial charge in [-0.05, 0) is 30.8 Å². The van der Waals surface area contributed by atoms with Crippen LogP contribution >= 0.6 is 0 Å². The molecule has 0 amide bonds. The van der Waals surface area contributed by atoms with Gasteiger partial charge in [-0.2, -0.15) is 5.26 Å². The van der Waals surface area contributed by atoms with Gasteiger partial charge in [-0.3, -0.25) is 4.90 Å². The summed E-state index contributed by atoms with van der Waals surface area (Å²) in [6.45, 7) is 0.957. The molecule has 1 atom stereocenters. The van der Waals surface area contributed by atoms with E-state index in [4.69, 9.17) is 5.26 Å². The lowest BCUT2D eigenvalue weighted by Gasteiger charge is -2.21. The SMILES string of the molecule is CN(Cc1ccc(C#N)cc1)CC(O)c1ccccc1F. The summed E-state index contributed by atoms with van der Waals surface area (Å²) in [4.78, 5) is 1.92. The van der Waals surface area contributed by atoms with Crippen LogP contribution in [0.2, 0.25) is 0 Å². The van der Waals surface area contributed by atoms with E-state index < -0.39 is 11.9 Å². The topological polar surface area (TPSA) is 47.3 Å². The molecular formula is C17H17FN2O. The number of aliphatic hydroxyl groups is 1. The van der Waals surface area contributed by atoms with Crippen LogP contribution in [0.4, 0.5) is 4.39 Å². The van der Waals surface area contributed by atoms with E-state index >= 15 is 0 Å². The minimum Gasteiger partial charge on any atom is -0.387 e. The Morgan fingerprint density at radius 1 is 1.19 bits per heavy atom. The van der Waals surface area contributed by atoms with Crippen molar-refractivity contribution in [1.82, 2.24) is 4.90 Å². The molecule has 0 saturated heterocycles. The summed E-state index contributed by atoms with van der Waals surface area (Å²) >= 11 is 0. The zero-order valence-corrected chi connectivity index (χ0v) is 11.8. The number of nitrogens with zero attached hydrogens (tertiary/aromatic N) is 2. The standard InChI is InChI=1S/C17H17FN2O/c1-20(11-14-8-6-13(10-19)7-9-14)12-17(21)15-4-2-3-5-16(15)18/h2-9,17,21H,11-12H2,1H3. The highest BCUT2D eigenvalue weighted by Crippen LogP contribution is 2.18. The Hall–Kier alpha value is -2.22. The second kappa shape index (κ2) is 6.98. The van der Waals surface area contributed by atoms with E-state index in [-0.39, 0.29) is 0 Å². The maximum absolute atomic E-state index is 13.6. The maximum atomic E-state index is 13.6. The fraction of sp³-hybridized carbons (Fsp3) is 0.235. The van der Waals surface area contributed by atoms with Crippen LogP contribution in [0.1, 0.15) is 22.8 Å². The van der Waals surface area contributed by atoms with Crippen molar-refractivity contribution in [2.24, 2.45) is 0 Å². The molecular weight excluding hydrogens is 267 g/mol. The van der Waals surface area contributed by atoms with Gasteiger partial charge in [0, 0.05) is 18.7 Å². The van der Waals surface area contributed by atoms with Crippen molar-refractivity contribution in [2.45, 2.75) is 12.6 Å². The number of rotatable bonds is 5. The highest BCUT2D eigenvalue weighted by molar-refractivity contribution is 5.31. The second-order valence-corrected chi connectivity index (χ2v) is 5.04. The third-order valence-corrected chi connectivity index (χ3v) is 3.28. The van der Waals surface area contributed by atoms with Crippen molar-refractivity contribution < 1.29 is 9.50 Å². The van der Waals surface area contributed by atoms with Crippen LogP contribution in [-0.2, 0) is 6.54 Å². The molecule has 1 unspecified atom stereocenters. The third-order valence-electron chi connectivity index (χ3n) is 3.28. The van der Waals surface area contributed by atoms with E-state index in [0.29, 0.717) is 24.2 Å². The Labute approximate surface area is 123 Å². The van der Waals surface area contributed by atoms with Crippen molar-refractivity contribution in [3.05, 3.63) is 71.0 Å². The van der Waals surface area contributed by atoms with Crippen LogP contribution in [-0.4, -0.2) is 23.6 Å². The van der Waals surface area contributed by atoms with Gasteiger partial charge < -0.3 is 5.11 Å². The number of hydrogen-bond donors (Lipinski definition) is 1.